The molecule has 0 spiro atoms. The number of aromatic nitrogens is 3. The van der Waals surface area contributed by atoms with Crippen molar-refractivity contribution in [1.29, 1.82) is 0 Å². The lowest BCUT2D eigenvalue weighted by atomic mass is 10.1. The van der Waals surface area contributed by atoms with Gasteiger partial charge in [-0.2, -0.15) is 0 Å². The first-order valence-electron chi connectivity index (χ1n) is 10.2. The van der Waals surface area contributed by atoms with Crippen LogP contribution in [-0.4, -0.2) is 50.6 Å². The van der Waals surface area contributed by atoms with E-state index in [1.807, 2.05) is 54.1 Å². The quantitative estimate of drug-likeness (QED) is 0.704. The Kier molecular flexibility index (Phi) is 5.92. The van der Waals surface area contributed by atoms with Crippen molar-refractivity contribution in [2.75, 3.05) is 18.4 Å². The van der Waals surface area contributed by atoms with Crippen molar-refractivity contribution in [3.05, 3.63) is 71.9 Å². The lowest BCUT2D eigenvalue weighted by Crippen LogP contribution is -2.44. The topological polar surface area (TPSA) is 72.3 Å². The highest BCUT2D eigenvalue weighted by molar-refractivity contribution is 6.04. The Hall–Kier alpha value is -3.03. The van der Waals surface area contributed by atoms with Crippen molar-refractivity contribution in [2.45, 2.75) is 39.5 Å². The Morgan fingerprint density at radius 1 is 1.10 bits per heavy atom. The highest BCUT2D eigenvalue weighted by Crippen LogP contribution is 2.16. The Labute approximate surface area is 176 Å². The van der Waals surface area contributed by atoms with Crippen LogP contribution in [0.3, 0.4) is 0 Å². The molecule has 1 N–H and O–H groups in total. The van der Waals surface area contributed by atoms with E-state index in [1.54, 1.807) is 12.4 Å². The molecule has 2 aromatic heterocycles. The number of benzene rings is 1. The molecule has 1 saturated heterocycles. The lowest BCUT2D eigenvalue weighted by molar-refractivity contribution is -0.0704. The van der Waals surface area contributed by atoms with Gasteiger partial charge in [0.15, 0.2) is 0 Å². The molecule has 7 heteroatoms. The van der Waals surface area contributed by atoms with Gasteiger partial charge in [-0.05, 0) is 50.6 Å². The van der Waals surface area contributed by atoms with E-state index in [1.165, 1.54) is 5.56 Å². The summed E-state index contributed by atoms with van der Waals surface area (Å²) in [6.45, 7) is 8.84. The molecule has 1 fully saturated rings. The molecule has 3 aromatic rings. The summed E-state index contributed by atoms with van der Waals surface area (Å²) in [4.78, 5) is 23.6. The minimum atomic E-state index is -0.150. The van der Waals surface area contributed by atoms with Crippen LogP contribution < -0.4 is 5.32 Å². The van der Waals surface area contributed by atoms with Crippen LogP contribution in [0.25, 0.3) is 5.82 Å². The van der Waals surface area contributed by atoms with E-state index >= 15 is 0 Å². The van der Waals surface area contributed by atoms with Crippen molar-refractivity contribution in [1.82, 2.24) is 19.4 Å². The third-order valence-corrected chi connectivity index (χ3v) is 5.20. The van der Waals surface area contributed by atoms with Gasteiger partial charge in [0, 0.05) is 37.6 Å². The van der Waals surface area contributed by atoms with Gasteiger partial charge in [-0.25, -0.2) is 9.97 Å². The van der Waals surface area contributed by atoms with E-state index in [0.29, 0.717) is 11.3 Å². The Morgan fingerprint density at radius 2 is 1.83 bits per heavy atom. The van der Waals surface area contributed by atoms with Crippen molar-refractivity contribution in [3.63, 3.8) is 0 Å². The van der Waals surface area contributed by atoms with Gasteiger partial charge in [0.05, 0.1) is 24.1 Å². The summed E-state index contributed by atoms with van der Waals surface area (Å²) in [7, 11) is 0. The average Bonchev–Trinajstić information content (AvgIpc) is 3.14. The highest BCUT2D eigenvalue weighted by atomic mass is 16.5. The second-order valence-corrected chi connectivity index (χ2v) is 7.85. The largest absolute Gasteiger partial charge is 0.373 e. The zero-order chi connectivity index (χ0) is 21.1. The first kappa shape index (κ1) is 20.3. The number of hydrogen-bond donors (Lipinski definition) is 1. The zero-order valence-corrected chi connectivity index (χ0v) is 17.6. The van der Waals surface area contributed by atoms with Crippen LogP contribution in [0.5, 0.6) is 0 Å². The molecule has 0 unspecified atom stereocenters. The number of hydrogen-bond acceptors (Lipinski definition) is 5. The second kappa shape index (κ2) is 8.77. The smallest absolute Gasteiger partial charge is 0.255 e. The SMILES string of the molecule is Cc1nccn1-c1ccc(NC(=O)c2ccc(CN3C[C@@H](C)O[C@H](C)C3)cc2)cn1. The highest BCUT2D eigenvalue weighted by Gasteiger charge is 2.22. The molecule has 0 saturated carbocycles. The molecule has 1 aromatic carbocycles. The van der Waals surface area contributed by atoms with E-state index in [-0.39, 0.29) is 18.1 Å². The molecular weight excluding hydrogens is 378 g/mol. The van der Waals surface area contributed by atoms with Crippen molar-refractivity contribution in [3.8, 4) is 5.82 Å². The van der Waals surface area contributed by atoms with Crippen molar-refractivity contribution < 1.29 is 9.53 Å². The monoisotopic (exact) mass is 405 g/mol. The number of morpholine rings is 1. The first-order valence-corrected chi connectivity index (χ1v) is 10.2. The predicted octanol–water partition coefficient (Wildman–Crippen LogP) is 3.44. The van der Waals surface area contributed by atoms with Gasteiger partial charge in [0.1, 0.15) is 11.6 Å². The van der Waals surface area contributed by atoms with E-state index < -0.39 is 0 Å². The predicted molar refractivity (Wildman–Crippen MR) is 116 cm³/mol. The van der Waals surface area contributed by atoms with Crippen LogP contribution in [0.4, 0.5) is 5.69 Å². The van der Waals surface area contributed by atoms with Gasteiger partial charge >= 0.3 is 0 Å². The number of carbonyl (C=O) groups is 1. The number of anilines is 1. The Balaban J connectivity index is 1.36. The molecule has 0 aliphatic carbocycles. The first-order chi connectivity index (χ1) is 14.5. The maximum Gasteiger partial charge on any atom is 0.255 e. The molecule has 1 aliphatic heterocycles. The number of amides is 1. The molecule has 30 heavy (non-hydrogen) atoms. The van der Waals surface area contributed by atoms with Gasteiger partial charge < -0.3 is 10.1 Å². The number of carbonyl (C=O) groups excluding carboxylic acids is 1. The van der Waals surface area contributed by atoms with Gasteiger partial charge in [-0.15, -0.1) is 0 Å². The number of imidazole rings is 1. The number of ether oxygens (including phenoxy) is 1. The molecule has 156 valence electrons. The summed E-state index contributed by atoms with van der Waals surface area (Å²) >= 11 is 0. The van der Waals surface area contributed by atoms with E-state index in [4.69, 9.17) is 4.74 Å². The van der Waals surface area contributed by atoms with Crippen LogP contribution in [-0.2, 0) is 11.3 Å². The third-order valence-electron chi connectivity index (χ3n) is 5.20. The third kappa shape index (κ3) is 4.75. The van der Waals surface area contributed by atoms with Gasteiger partial charge in [-0.3, -0.25) is 14.3 Å². The van der Waals surface area contributed by atoms with Crippen LogP contribution in [0.1, 0.15) is 35.6 Å². The molecule has 4 rings (SSSR count). The maximum atomic E-state index is 12.6. The maximum absolute atomic E-state index is 12.6. The number of rotatable bonds is 5. The minimum absolute atomic E-state index is 0.150. The number of aryl methyl sites for hydroxylation is 1. The van der Waals surface area contributed by atoms with Crippen LogP contribution in [0, 0.1) is 6.92 Å². The Bertz CT molecular complexity index is 987. The Morgan fingerprint density at radius 3 is 2.43 bits per heavy atom. The molecule has 2 atom stereocenters. The zero-order valence-electron chi connectivity index (χ0n) is 17.6. The van der Waals surface area contributed by atoms with Crippen LogP contribution in [0.2, 0.25) is 0 Å². The molecule has 1 aliphatic rings. The van der Waals surface area contributed by atoms with Crippen LogP contribution in [0.15, 0.2) is 55.0 Å². The van der Waals surface area contributed by atoms with E-state index in [2.05, 4.69) is 34.0 Å². The van der Waals surface area contributed by atoms with Gasteiger partial charge in [0.2, 0.25) is 0 Å². The molecule has 7 nitrogen and oxygen atoms in total. The lowest BCUT2D eigenvalue weighted by Gasteiger charge is -2.35. The fourth-order valence-electron chi connectivity index (χ4n) is 3.86. The number of pyridine rings is 1. The number of nitrogens with one attached hydrogen (secondary N) is 1. The molecule has 0 radical (unpaired) electrons. The second-order valence-electron chi connectivity index (χ2n) is 7.85. The fourth-order valence-corrected chi connectivity index (χ4v) is 3.86. The van der Waals surface area contributed by atoms with E-state index in [0.717, 1.165) is 31.3 Å². The molecule has 0 bridgehead atoms. The van der Waals surface area contributed by atoms with Crippen molar-refractivity contribution in [2.24, 2.45) is 0 Å². The molecule has 3 heterocycles. The average molecular weight is 406 g/mol. The summed E-state index contributed by atoms with van der Waals surface area (Å²) in [6, 6.07) is 11.5. The number of nitrogens with zero attached hydrogens (tertiary/aromatic N) is 4. The fraction of sp³-hybridized carbons (Fsp3) is 0.348. The van der Waals surface area contributed by atoms with E-state index in [9.17, 15) is 4.79 Å². The normalized spacial score (nSPS) is 19.6. The molecular formula is C23H27N5O2. The van der Waals surface area contributed by atoms with Gasteiger partial charge in [0.25, 0.3) is 5.91 Å². The minimum Gasteiger partial charge on any atom is -0.373 e. The van der Waals surface area contributed by atoms with Crippen LogP contribution >= 0.6 is 0 Å². The summed E-state index contributed by atoms with van der Waals surface area (Å²) in [5, 5.41) is 2.90. The van der Waals surface area contributed by atoms with Crippen molar-refractivity contribution >= 4 is 11.6 Å². The summed E-state index contributed by atoms with van der Waals surface area (Å²) in [5.74, 6) is 1.47. The summed E-state index contributed by atoms with van der Waals surface area (Å²) in [5.41, 5.74) is 2.47. The summed E-state index contributed by atoms with van der Waals surface area (Å²) < 4.78 is 7.68. The standard InChI is InChI=1S/C23H27N5O2/c1-16-13-27(14-17(2)30-16)15-19-4-6-20(7-5-19)23(29)26-21-8-9-22(25-12-21)28-11-10-24-18(28)3/h4-12,16-17H,13-15H2,1-3H3,(H,26,29)/t16-,17-/m1/s1. The van der Waals surface area contributed by atoms with Gasteiger partial charge in [-0.1, -0.05) is 12.1 Å². The molecule has 1 amide bonds. The summed E-state index contributed by atoms with van der Waals surface area (Å²) in [6.07, 6.45) is 5.74.